The van der Waals surface area contributed by atoms with Crippen LogP contribution in [0.5, 0.6) is 0 Å². The van der Waals surface area contributed by atoms with Gasteiger partial charge in [-0.15, -0.1) is 0 Å². The quantitative estimate of drug-likeness (QED) is 0.473. The summed E-state index contributed by atoms with van der Waals surface area (Å²) in [5, 5.41) is 7.14. The molecule has 0 saturated carbocycles. The second-order valence-corrected chi connectivity index (χ2v) is 2.09. The number of allylic oxidation sites excluding steroid dienone is 1. The highest BCUT2D eigenvalue weighted by molar-refractivity contribution is 5.93. The van der Waals surface area contributed by atoms with Gasteiger partial charge in [-0.2, -0.15) is 0 Å². The molecule has 2 heteroatoms. The smallest absolute Gasteiger partial charge is 0.0312 e. The minimum absolute atomic E-state index is 0.198. The standard InChI is InChI=1S/C6H10N2/c7-5-1-2-6(8)4-3-5/h1-2,5,8H,3-4,7H2. The van der Waals surface area contributed by atoms with Gasteiger partial charge in [0.25, 0.3) is 0 Å². The van der Waals surface area contributed by atoms with Crippen molar-refractivity contribution in [1.29, 1.82) is 5.41 Å². The average Bonchev–Trinajstić information content (AvgIpc) is 1.77. The third-order valence-electron chi connectivity index (χ3n) is 1.29. The molecule has 3 N–H and O–H groups in total. The molecule has 1 rings (SSSR count). The van der Waals surface area contributed by atoms with Crippen molar-refractivity contribution in [1.82, 2.24) is 0 Å². The molecule has 1 unspecified atom stereocenters. The van der Waals surface area contributed by atoms with Crippen LogP contribution in [-0.2, 0) is 0 Å². The highest BCUT2D eigenvalue weighted by atomic mass is 14.6. The third kappa shape index (κ3) is 1.17. The molecule has 0 aromatic carbocycles. The lowest BCUT2D eigenvalue weighted by Gasteiger charge is -2.09. The maximum absolute atomic E-state index is 7.14. The monoisotopic (exact) mass is 110 g/mol. The molecule has 8 heavy (non-hydrogen) atoms. The first-order chi connectivity index (χ1) is 3.79. The summed E-state index contributed by atoms with van der Waals surface area (Å²) in [6.07, 6.45) is 5.45. The molecule has 0 aromatic heterocycles. The van der Waals surface area contributed by atoms with Crippen LogP contribution < -0.4 is 5.73 Å². The van der Waals surface area contributed by atoms with Gasteiger partial charge in [0.05, 0.1) is 0 Å². The van der Waals surface area contributed by atoms with Gasteiger partial charge < -0.3 is 11.1 Å². The van der Waals surface area contributed by atoms with Crippen LogP contribution in [0.15, 0.2) is 12.2 Å². The Balaban J connectivity index is 2.55. The Labute approximate surface area is 48.9 Å². The van der Waals surface area contributed by atoms with Crippen LogP contribution in [-0.4, -0.2) is 11.8 Å². The van der Waals surface area contributed by atoms with Crippen molar-refractivity contribution in [3.8, 4) is 0 Å². The summed E-state index contributed by atoms with van der Waals surface area (Å²) in [5.41, 5.74) is 6.21. The Morgan fingerprint density at radius 3 is 2.88 bits per heavy atom. The molecule has 0 aliphatic heterocycles. The fraction of sp³-hybridized carbons (Fsp3) is 0.500. The van der Waals surface area contributed by atoms with Crippen LogP contribution in [0.2, 0.25) is 0 Å². The molecule has 0 spiro atoms. The van der Waals surface area contributed by atoms with E-state index < -0.39 is 0 Å². The molecule has 0 saturated heterocycles. The molecule has 0 bridgehead atoms. The van der Waals surface area contributed by atoms with E-state index in [1.54, 1.807) is 6.08 Å². The summed E-state index contributed by atoms with van der Waals surface area (Å²) in [5.74, 6) is 0. The van der Waals surface area contributed by atoms with Gasteiger partial charge in [-0.3, -0.25) is 0 Å². The maximum atomic E-state index is 7.14. The zero-order valence-corrected chi connectivity index (χ0v) is 4.72. The van der Waals surface area contributed by atoms with Gasteiger partial charge in [0.15, 0.2) is 0 Å². The fourth-order valence-electron chi connectivity index (χ4n) is 0.741. The van der Waals surface area contributed by atoms with Crippen molar-refractivity contribution in [2.75, 3.05) is 0 Å². The van der Waals surface area contributed by atoms with Crippen LogP contribution in [0.4, 0.5) is 0 Å². The summed E-state index contributed by atoms with van der Waals surface area (Å²) in [6.45, 7) is 0. The Kier molecular flexibility index (Phi) is 1.44. The number of nitrogens with two attached hydrogens (primary N) is 1. The normalized spacial score (nSPS) is 28.6. The van der Waals surface area contributed by atoms with E-state index in [1.807, 2.05) is 6.08 Å². The highest BCUT2D eigenvalue weighted by Crippen LogP contribution is 2.04. The van der Waals surface area contributed by atoms with Gasteiger partial charge in [-0.05, 0) is 18.9 Å². The topological polar surface area (TPSA) is 49.9 Å². The minimum atomic E-state index is 0.198. The van der Waals surface area contributed by atoms with Gasteiger partial charge in [0, 0.05) is 11.8 Å². The van der Waals surface area contributed by atoms with E-state index in [9.17, 15) is 0 Å². The second kappa shape index (κ2) is 2.09. The molecule has 2 nitrogen and oxygen atoms in total. The van der Waals surface area contributed by atoms with E-state index in [0.29, 0.717) is 5.71 Å². The molecule has 0 radical (unpaired) electrons. The average molecular weight is 110 g/mol. The first-order valence-corrected chi connectivity index (χ1v) is 2.80. The van der Waals surface area contributed by atoms with Crippen molar-refractivity contribution in [3.63, 3.8) is 0 Å². The van der Waals surface area contributed by atoms with Crippen LogP contribution in [0.3, 0.4) is 0 Å². The lowest BCUT2D eigenvalue weighted by molar-refractivity contribution is 0.735. The van der Waals surface area contributed by atoms with Gasteiger partial charge in [0.2, 0.25) is 0 Å². The molecule has 0 heterocycles. The molecule has 1 aliphatic carbocycles. The summed E-state index contributed by atoms with van der Waals surface area (Å²) in [7, 11) is 0. The summed E-state index contributed by atoms with van der Waals surface area (Å²) < 4.78 is 0. The number of nitrogens with one attached hydrogen (secondary N) is 1. The van der Waals surface area contributed by atoms with E-state index in [4.69, 9.17) is 11.1 Å². The molecule has 1 aliphatic rings. The van der Waals surface area contributed by atoms with Gasteiger partial charge >= 0.3 is 0 Å². The van der Waals surface area contributed by atoms with Gasteiger partial charge in [-0.25, -0.2) is 0 Å². The number of hydrogen-bond acceptors (Lipinski definition) is 2. The van der Waals surface area contributed by atoms with Gasteiger partial charge in [-0.1, -0.05) is 6.08 Å². The fourth-order valence-corrected chi connectivity index (χ4v) is 0.741. The molecule has 1 atom stereocenters. The predicted octanol–water partition coefficient (Wildman–Crippen LogP) is 0.683. The summed E-state index contributed by atoms with van der Waals surface area (Å²) in [6, 6.07) is 0.198. The van der Waals surface area contributed by atoms with Crippen LogP contribution in [0.1, 0.15) is 12.8 Å². The molecule has 44 valence electrons. The maximum Gasteiger partial charge on any atom is 0.0312 e. The number of hydrogen-bond donors (Lipinski definition) is 2. The first kappa shape index (κ1) is 5.51. The van der Waals surface area contributed by atoms with Crippen molar-refractivity contribution < 1.29 is 0 Å². The van der Waals surface area contributed by atoms with E-state index in [-0.39, 0.29) is 6.04 Å². The third-order valence-corrected chi connectivity index (χ3v) is 1.29. The molecule has 0 amide bonds. The largest absolute Gasteiger partial charge is 0.324 e. The van der Waals surface area contributed by atoms with Crippen molar-refractivity contribution in [2.45, 2.75) is 18.9 Å². The van der Waals surface area contributed by atoms with Crippen LogP contribution in [0.25, 0.3) is 0 Å². The second-order valence-electron chi connectivity index (χ2n) is 2.09. The minimum Gasteiger partial charge on any atom is -0.324 e. The van der Waals surface area contributed by atoms with E-state index in [0.717, 1.165) is 12.8 Å². The SMILES string of the molecule is N=C1C=CC(N)CC1. The van der Waals surface area contributed by atoms with E-state index >= 15 is 0 Å². The van der Waals surface area contributed by atoms with E-state index in [1.165, 1.54) is 0 Å². The lowest BCUT2D eigenvalue weighted by atomic mass is 10.0. The molecule has 0 fully saturated rings. The van der Waals surface area contributed by atoms with Crippen molar-refractivity contribution in [2.24, 2.45) is 5.73 Å². The van der Waals surface area contributed by atoms with Crippen molar-refractivity contribution in [3.05, 3.63) is 12.2 Å². The first-order valence-electron chi connectivity index (χ1n) is 2.80. The Morgan fingerprint density at radius 2 is 2.50 bits per heavy atom. The summed E-state index contributed by atoms with van der Waals surface area (Å²) in [4.78, 5) is 0. The molecule has 0 aromatic rings. The zero-order valence-electron chi connectivity index (χ0n) is 4.72. The van der Waals surface area contributed by atoms with Crippen LogP contribution in [0, 0.1) is 5.41 Å². The molecular formula is C6H10N2. The Bertz CT molecular complexity index is 126. The Morgan fingerprint density at radius 1 is 1.75 bits per heavy atom. The predicted molar refractivity (Wildman–Crippen MR) is 34.1 cm³/mol. The van der Waals surface area contributed by atoms with E-state index in [2.05, 4.69) is 0 Å². The summed E-state index contributed by atoms with van der Waals surface area (Å²) >= 11 is 0. The Hall–Kier alpha value is -0.630. The van der Waals surface area contributed by atoms with Crippen LogP contribution >= 0.6 is 0 Å². The highest BCUT2D eigenvalue weighted by Gasteiger charge is 2.04. The molecular weight excluding hydrogens is 100 g/mol. The van der Waals surface area contributed by atoms with Gasteiger partial charge in [0.1, 0.15) is 0 Å². The lowest BCUT2D eigenvalue weighted by Crippen LogP contribution is -2.21. The number of rotatable bonds is 0. The zero-order chi connectivity index (χ0) is 5.98. The van der Waals surface area contributed by atoms with Crippen molar-refractivity contribution >= 4 is 5.71 Å².